The average molecular weight is 1310 g/mol. The maximum absolute atomic E-state index is 2.60. The fraction of sp³-hybridized carbons (Fsp3) is 0.118. The highest BCUT2D eigenvalue weighted by molar-refractivity contribution is 6.24. The first-order valence-corrected chi connectivity index (χ1v) is 36.8. The van der Waals surface area contributed by atoms with Crippen LogP contribution >= 0.6 is 0 Å². The Morgan fingerprint density at radius 1 is 0.184 bits per heavy atom. The third-order valence-electron chi connectivity index (χ3n) is 25.0. The first-order chi connectivity index (χ1) is 50.1. The predicted octanol–water partition coefficient (Wildman–Crippen LogP) is 28.0. The minimum Gasteiger partial charge on any atom is -0.310 e. The van der Waals surface area contributed by atoms with Crippen LogP contribution in [0.2, 0.25) is 0 Å². The zero-order valence-electron chi connectivity index (χ0n) is 59.4. The van der Waals surface area contributed by atoms with Crippen LogP contribution in [0.1, 0.15) is 99.9 Å². The van der Waals surface area contributed by atoms with Gasteiger partial charge in [0.05, 0.1) is 5.69 Å². The highest BCUT2D eigenvalue weighted by Crippen LogP contribution is 2.61. The van der Waals surface area contributed by atoms with Crippen molar-refractivity contribution in [2.45, 2.75) is 77.0 Å². The van der Waals surface area contributed by atoms with Crippen molar-refractivity contribution in [1.29, 1.82) is 0 Å². The minimum atomic E-state index is -0.314. The maximum atomic E-state index is 2.60. The van der Waals surface area contributed by atoms with E-state index in [1.165, 1.54) is 176 Å². The van der Waals surface area contributed by atoms with Crippen molar-refractivity contribution in [1.82, 2.24) is 0 Å². The van der Waals surface area contributed by atoms with Crippen molar-refractivity contribution in [3.05, 3.63) is 354 Å². The van der Waals surface area contributed by atoms with Gasteiger partial charge in [-0.1, -0.05) is 292 Å². The van der Waals surface area contributed by atoms with Gasteiger partial charge in [0, 0.05) is 38.6 Å². The topological polar surface area (TPSA) is 3.24 Å². The minimum absolute atomic E-state index is 0.162. The van der Waals surface area contributed by atoms with E-state index in [2.05, 4.69) is 370 Å². The van der Waals surface area contributed by atoms with Gasteiger partial charge >= 0.3 is 0 Å². The molecule has 0 spiro atoms. The molecule has 0 radical (unpaired) electrons. The molecule has 103 heavy (non-hydrogen) atoms. The zero-order valence-corrected chi connectivity index (χ0v) is 59.4. The van der Waals surface area contributed by atoms with E-state index >= 15 is 0 Å². The highest BCUT2D eigenvalue weighted by atomic mass is 15.1. The van der Waals surface area contributed by atoms with Gasteiger partial charge in [0.2, 0.25) is 0 Å². The molecule has 21 rings (SSSR count). The molecule has 17 aromatic carbocycles. The molecule has 0 aromatic heterocycles. The number of benzene rings is 17. The molecule has 0 heterocycles. The molecule has 0 saturated heterocycles. The van der Waals surface area contributed by atoms with Crippen LogP contribution in [-0.2, 0) is 21.7 Å². The molecule has 0 N–H and O–H groups in total. The second-order valence-electron chi connectivity index (χ2n) is 31.8. The number of anilines is 3. The summed E-state index contributed by atoms with van der Waals surface area (Å²) >= 11 is 0. The molecule has 0 saturated carbocycles. The van der Waals surface area contributed by atoms with E-state index in [1.54, 1.807) is 0 Å². The van der Waals surface area contributed by atoms with Gasteiger partial charge in [-0.15, -0.1) is 0 Å². The number of rotatable bonds is 7. The number of hydrogen-bond donors (Lipinski definition) is 0. The molecule has 0 aliphatic heterocycles. The van der Waals surface area contributed by atoms with Crippen LogP contribution in [0.4, 0.5) is 17.1 Å². The summed E-state index contributed by atoms with van der Waals surface area (Å²) in [4.78, 5) is 2.60. The molecular formula is C102H75N. The van der Waals surface area contributed by atoms with Crippen molar-refractivity contribution in [3.63, 3.8) is 0 Å². The average Bonchev–Trinajstić information content (AvgIpc) is 1.60. The summed E-state index contributed by atoms with van der Waals surface area (Å²) in [5.41, 5.74) is 33.9. The van der Waals surface area contributed by atoms with Gasteiger partial charge in [-0.25, -0.2) is 0 Å². The van der Waals surface area contributed by atoms with Crippen LogP contribution in [0.25, 0.3) is 154 Å². The van der Waals surface area contributed by atoms with E-state index in [1.807, 2.05) is 0 Å². The molecule has 1 heteroatoms. The molecule has 0 unspecified atom stereocenters. The second-order valence-corrected chi connectivity index (χ2v) is 31.8. The summed E-state index contributed by atoms with van der Waals surface area (Å²) in [5.74, 6) is 0. The summed E-state index contributed by atoms with van der Waals surface area (Å²) in [6.45, 7) is 19.6. The fourth-order valence-electron chi connectivity index (χ4n) is 19.7. The smallest absolute Gasteiger partial charge is 0.0540 e. The quantitative estimate of drug-likeness (QED) is 0.144. The molecule has 0 fully saturated rings. The molecule has 4 aliphatic rings. The Hall–Kier alpha value is -11.9. The van der Waals surface area contributed by atoms with Crippen LogP contribution in [0, 0.1) is 0 Å². The summed E-state index contributed by atoms with van der Waals surface area (Å²) < 4.78 is 0. The lowest BCUT2D eigenvalue weighted by atomic mass is 9.79. The van der Waals surface area contributed by atoms with E-state index in [-0.39, 0.29) is 21.7 Å². The van der Waals surface area contributed by atoms with E-state index in [0.29, 0.717) is 0 Å². The number of nitrogens with zero attached hydrogens (tertiary/aromatic N) is 1. The van der Waals surface area contributed by atoms with Gasteiger partial charge in [0.1, 0.15) is 0 Å². The largest absolute Gasteiger partial charge is 0.310 e. The lowest BCUT2D eigenvalue weighted by molar-refractivity contribution is 0.652. The molecule has 0 atom stereocenters. The SMILES string of the molecule is CC1(C)c2cc(N(c3ccc4c(c3)C(C)(C)c3cc5c(cc3-4)C(C)(C)c3ccc4ccccc4c3-5)c3ccc(-c4ccc5c(-c6cccc7ccccc67)c6ccccc6c(-c6ccc7ccccc7c6)c5c4)cc3-c3ccccc3)ccc2-c2cc3c(cc21)-c1c(ccc2ccccc12)C3(C)C. The van der Waals surface area contributed by atoms with Gasteiger partial charge in [0.25, 0.3) is 0 Å². The Kier molecular flexibility index (Phi) is 12.4. The fourth-order valence-corrected chi connectivity index (χ4v) is 19.7. The lowest BCUT2D eigenvalue weighted by Gasteiger charge is -2.31. The van der Waals surface area contributed by atoms with Crippen LogP contribution in [0.15, 0.2) is 309 Å². The van der Waals surface area contributed by atoms with Gasteiger partial charge in [-0.3, -0.25) is 0 Å². The van der Waals surface area contributed by atoms with Gasteiger partial charge in [-0.2, -0.15) is 0 Å². The molecule has 488 valence electrons. The van der Waals surface area contributed by atoms with E-state index < -0.39 is 0 Å². The summed E-state index contributed by atoms with van der Waals surface area (Å²) in [6.07, 6.45) is 0. The monoisotopic (exact) mass is 1310 g/mol. The van der Waals surface area contributed by atoms with Crippen LogP contribution in [0.3, 0.4) is 0 Å². The Morgan fingerprint density at radius 3 is 1.19 bits per heavy atom. The first-order valence-electron chi connectivity index (χ1n) is 36.8. The lowest BCUT2D eigenvalue weighted by Crippen LogP contribution is -2.18. The highest BCUT2D eigenvalue weighted by Gasteiger charge is 2.45. The van der Waals surface area contributed by atoms with Crippen molar-refractivity contribution < 1.29 is 0 Å². The van der Waals surface area contributed by atoms with E-state index in [4.69, 9.17) is 0 Å². The zero-order chi connectivity index (χ0) is 69.2. The third-order valence-corrected chi connectivity index (χ3v) is 25.0. The Balaban J connectivity index is 0.774. The molecule has 0 bridgehead atoms. The van der Waals surface area contributed by atoms with Crippen LogP contribution < -0.4 is 4.90 Å². The van der Waals surface area contributed by atoms with Gasteiger partial charge in [-0.05, 0) is 265 Å². The first kappa shape index (κ1) is 59.9. The van der Waals surface area contributed by atoms with Gasteiger partial charge in [0.15, 0.2) is 0 Å². The molecule has 17 aromatic rings. The summed E-state index contributed by atoms with van der Waals surface area (Å²) in [7, 11) is 0. The number of hydrogen-bond acceptors (Lipinski definition) is 1. The number of fused-ring (bicyclic) bond motifs is 20. The summed E-state index contributed by atoms with van der Waals surface area (Å²) in [6, 6.07) is 119. The van der Waals surface area contributed by atoms with Crippen LogP contribution in [0.5, 0.6) is 0 Å². The standard InChI is InChI=1S/C102H75N/c1-99(2)86-48-40-63-27-15-18-32-72(63)97(86)84-58-90-81(56-92(84)99)74-46-43-69(54-88(74)101(90,5)6)103(70-44-47-75-82-57-93-85(59-91(82)102(7,8)89(75)55-70)98-73-33-19-16-28-64(73)41-49-87(98)100(93,3)4)94-50-42-67(52-80(94)62-24-10-9-11-25-62)66-39-45-79-83(53-66)95(68-38-37-60-23-12-13-29-65(60)51-68)77-34-20-21-35-78(77)96(79)76-36-22-30-61-26-14-17-31-71(61)76/h9-59H,1-8H3. The van der Waals surface area contributed by atoms with Crippen molar-refractivity contribution >= 4 is 81.7 Å². The normalized spacial score (nSPS) is 14.9. The van der Waals surface area contributed by atoms with Crippen LogP contribution in [-0.4, -0.2) is 0 Å². The van der Waals surface area contributed by atoms with Gasteiger partial charge < -0.3 is 4.90 Å². The van der Waals surface area contributed by atoms with Crippen molar-refractivity contribution in [3.8, 4) is 89.0 Å². The van der Waals surface area contributed by atoms with E-state index in [9.17, 15) is 0 Å². The Labute approximate surface area is 602 Å². The molecule has 4 aliphatic carbocycles. The molecular weight excluding hydrogens is 1240 g/mol. The second kappa shape index (κ2) is 21.3. The maximum Gasteiger partial charge on any atom is 0.0540 e. The third kappa shape index (κ3) is 8.43. The Bertz CT molecular complexity index is 6390. The summed E-state index contributed by atoms with van der Waals surface area (Å²) in [5, 5.41) is 15.1. The van der Waals surface area contributed by atoms with Crippen molar-refractivity contribution in [2.75, 3.05) is 4.90 Å². The van der Waals surface area contributed by atoms with Crippen molar-refractivity contribution in [2.24, 2.45) is 0 Å². The molecule has 1 nitrogen and oxygen atoms in total. The Morgan fingerprint density at radius 2 is 0.602 bits per heavy atom. The molecule has 0 amide bonds. The predicted molar refractivity (Wildman–Crippen MR) is 438 cm³/mol. The van der Waals surface area contributed by atoms with E-state index in [0.717, 1.165) is 39.3 Å².